The second-order valence-corrected chi connectivity index (χ2v) is 5.29. The van der Waals surface area contributed by atoms with Crippen LogP contribution in [-0.2, 0) is 4.74 Å². The first-order chi connectivity index (χ1) is 7.29. The van der Waals surface area contributed by atoms with E-state index in [0.29, 0.717) is 17.9 Å². The standard InChI is InChI=1S/C12H20NO3/c1-9-5-7-10(8-6-9)13(15)11(14)16-12(2,3)4/h10H,1,5-8H2,2-4H3/q-1. The molecule has 0 saturated heterocycles. The summed E-state index contributed by atoms with van der Waals surface area (Å²) < 4.78 is 5.03. The van der Waals surface area contributed by atoms with E-state index in [9.17, 15) is 10.0 Å². The number of carbonyl (C=O) groups excluding carboxylic acids is 1. The van der Waals surface area contributed by atoms with Crippen LogP contribution < -0.4 is 0 Å². The minimum absolute atomic E-state index is 0.250. The van der Waals surface area contributed by atoms with E-state index < -0.39 is 11.7 Å². The van der Waals surface area contributed by atoms with Gasteiger partial charge in [0.2, 0.25) is 0 Å². The lowest BCUT2D eigenvalue weighted by molar-refractivity contribution is 0.0248. The molecule has 0 bridgehead atoms. The third-order valence-corrected chi connectivity index (χ3v) is 2.57. The third-order valence-electron chi connectivity index (χ3n) is 2.57. The first-order valence-corrected chi connectivity index (χ1v) is 5.65. The number of ether oxygens (including phenoxy) is 1. The second kappa shape index (κ2) is 4.87. The van der Waals surface area contributed by atoms with Crippen molar-refractivity contribution in [3.05, 3.63) is 17.4 Å². The molecule has 1 aliphatic rings. The van der Waals surface area contributed by atoms with Gasteiger partial charge in [-0.05, 0) is 46.5 Å². The molecule has 1 saturated carbocycles. The fraction of sp³-hybridized carbons (Fsp3) is 0.750. The lowest BCUT2D eigenvalue weighted by atomic mass is 9.92. The lowest BCUT2D eigenvalue weighted by Gasteiger charge is -2.40. The Bertz CT molecular complexity index is 270. The Morgan fingerprint density at radius 3 is 2.38 bits per heavy atom. The van der Waals surface area contributed by atoms with Crippen molar-refractivity contribution in [1.29, 1.82) is 0 Å². The maximum atomic E-state index is 11.7. The smallest absolute Gasteiger partial charge is 0.399 e. The Balaban J connectivity index is 2.47. The van der Waals surface area contributed by atoms with Crippen molar-refractivity contribution >= 4 is 6.09 Å². The molecule has 0 aromatic heterocycles. The maximum absolute atomic E-state index is 11.7. The Hall–Kier alpha value is -1.03. The van der Waals surface area contributed by atoms with E-state index >= 15 is 0 Å². The molecule has 0 radical (unpaired) electrons. The van der Waals surface area contributed by atoms with Gasteiger partial charge in [0.15, 0.2) is 0 Å². The van der Waals surface area contributed by atoms with E-state index in [1.54, 1.807) is 20.8 Å². The van der Waals surface area contributed by atoms with Gasteiger partial charge in [0.25, 0.3) is 0 Å². The van der Waals surface area contributed by atoms with Gasteiger partial charge in [0.1, 0.15) is 5.60 Å². The number of allylic oxidation sites excluding steroid dienone is 1. The van der Waals surface area contributed by atoms with Gasteiger partial charge in [0, 0.05) is 6.04 Å². The van der Waals surface area contributed by atoms with Crippen molar-refractivity contribution in [2.24, 2.45) is 0 Å². The molecule has 0 aromatic carbocycles. The Labute approximate surface area is 96.8 Å². The highest BCUT2D eigenvalue weighted by molar-refractivity contribution is 5.69. The highest BCUT2D eigenvalue weighted by Crippen LogP contribution is 2.26. The van der Waals surface area contributed by atoms with Crippen molar-refractivity contribution in [2.45, 2.75) is 58.1 Å². The normalized spacial score (nSPS) is 18.4. The van der Waals surface area contributed by atoms with E-state index in [2.05, 4.69) is 6.58 Å². The summed E-state index contributed by atoms with van der Waals surface area (Å²) in [4.78, 5) is 11.5. The van der Waals surface area contributed by atoms with Crippen LogP contribution in [0.2, 0.25) is 0 Å². The van der Waals surface area contributed by atoms with Gasteiger partial charge >= 0.3 is 6.09 Å². The van der Waals surface area contributed by atoms with E-state index in [1.807, 2.05) is 0 Å². The molecule has 0 spiro atoms. The molecular formula is C12H20NO3-. The predicted molar refractivity (Wildman–Crippen MR) is 62.8 cm³/mol. The summed E-state index contributed by atoms with van der Waals surface area (Å²) in [5.41, 5.74) is 0.548. The van der Waals surface area contributed by atoms with E-state index in [-0.39, 0.29) is 6.04 Å². The van der Waals surface area contributed by atoms with Gasteiger partial charge < -0.3 is 15.0 Å². The lowest BCUT2D eigenvalue weighted by Crippen LogP contribution is -2.40. The molecule has 1 aliphatic carbocycles. The SMILES string of the molecule is C=C1CCC(N([O-])C(=O)OC(C)(C)C)CC1. The van der Waals surface area contributed by atoms with Gasteiger partial charge in [-0.15, -0.1) is 0 Å². The molecule has 0 unspecified atom stereocenters. The molecule has 1 fully saturated rings. The Kier molecular flexibility index (Phi) is 3.97. The summed E-state index contributed by atoms with van der Waals surface area (Å²) in [6, 6.07) is -0.250. The molecule has 1 amide bonds. The highest BCUT2D eigenvalue weighted by Gasteiger charge is 2.24. The fourth-order valence-electron chi connectivity index (χ4n) is 1.70. The molecule has 4 nitrogen and oxygen atoms in total. The van der Waals surface area contributed by atoms with Crippen LogP contribution in [0, 0.1) is 5.21 Å². The predicted octanol–water partition coefficient (Wildman–Crippen LogP) is 3.22. The topological polar surface area (TPSA) is 52.6 Å². The van der Waals surface area contributed by atoms with Crippen molar-refractivity contribution in [2.75, 3.05) is 0 Å². The van der Waals surface area contributed by atoms with E-state index in [4.69, 9.17) is 4.74 Å². The molecule has 0 atom stereocenters. The molecule has 0 heterocycles. The van der Waals surface area contributed by atoms with Gasteiger partial charge in [0.05, 0.1) is 0 Å². The molecule has 4 heteroatoms. The number of nitrogens with zero attached hydrogens (tertiary/aromatic N) is 1. The summed E-state index contributed by atoms with van der Waals surface area (Å²) >= 11 is 0. The Morgan fingerprint density at radius 1 is 1.44 bits per heavy atom. The minimum Gasteiger partial charge on any atom is -0.754 e. The van der Waals surface area contributed by atoms with E-state index in [0.717, 1.165) is 18.4 Å². The van der Waals surface area contributed by atoms with Crippen LogP contribution in [0.5, 0.6) is 0 Å². The molecule has 1 rings (SSSR count). The van der Waals surface area contributed by atoms with Gasteiger partial charge in [-0.2, -0.15) is 0 Å². The first kappa shape index (κ1) is 13.0. The molecule has 0 aromatic rings. The minimum atomic E-state index is -0.773. The van der Waals surface area contributed by atoms with Crippen LogP contribution in [0.25, 0.3) is 0 Å². The monoisotopic (exact) mass is 226 g/mol. The largest absolute Gasteiger partial charge is 0.754 e. The number of hydrogen-bond donors (Lipinski definition) is 0. The summed E-state index contributed by atoms with van der Waals surface area (Å²) in [5, 5.41) is 12.2. The van der Waals surface area contributed by atoms with Crippen molar-refractivity contribution < 1.29 is 9.53 Å². The van der Waals surface area contributed by atoms with Crippen LogP contribution in [0.4, 0.5) is 4.79 Å². The zero-order valence-electron chi connectivity index (χ0n) is 10.3. The summed E-state index contributed by atoms with van der Waals surface area (Å²) in [7, 11) is 0. The molecule has 0 N–H and O–H groups in total. The van der Waals surface area contributed by atoms with Gasteiger partial charge in [-0.25, -0.2) is 4.79 Å². The third kappa shape index (κ3) is 3.85. The van der Waals surface area contributed by atoms with E-state index in [1.165, 1.54) is 0 Å². The van der Waals surface area contributed by atoms with Gasteiger partial charge in [-0.1, -0.05) is 12.2 Å². The van der Waals surface area contributed by atoms with Crippen molar-refractivity contribution in [3.63, 3.8) is 0 Å². The zero-order valence-corrected chi connectivity index (χ0v) is 10.3. The number of hydrogen-bond acceptors (Lipinski definition) is 3. The van der Waals surface area contributed by atoms with Crippen LogP contribution in [-0.4, -0.2) is 22.8 Å². The van der Waals surface area contributed by atoms with Gasteiger partial charge in [-0.3, -0.25) is 0 Å². The zero-order chi connectivity index (χ0) is 12.3. The average molecular weight is 226 g/mol. The average Bonchev–Trinajstić information content (AvgIpc) is 2.15. The van der Waals surface area contributed by atoms with Crippen LogP contribution >= 0.6 is 0 Å². The summed E-state index contributed by atoms with van der Waals surface area (Å²) in [6.07, 6.45) is 2.27. The fourth-order valence-corrected chi connectivity index (χ4v) is 1.70. The molecule has 92 valence electrons. The summed E-state index contributed by atoms with van der Waals surface area (Å²) in [5.74, 6) is 0. The number of hydroxylamine groups is 2. The highest BCUT2D eigenvalue weighted by atomic mass is 16.6. The van der Waals surface area contributed by atoms with Crippen LogP contribution in [0.3, 0.4) is 0 Å². The van der Waals surface area contributed by atoms with Crippen LogP contribution in [0.1, 0.15) is 46.5 Å². The molecular weight excluding hydrogens is 206 g/mol. The molecule has 0 aliphatic heterocycles. The van der Waals surface area contributed by atoms with Crippen LogP contribution in [0.15, 0.2) is 12.2 Å². The summed E-state index contributed by atoms with van der Waals surface area (Å²) in [6.45, 7) is 9.13. The second-order valence-electron chi connectivity index (χ2n) is 5.29. The Morgan fingerprint density at radius 2 is 1.94 bits per heavy atom. The quantitative estimate of drug-likeness (QED) is 0.509. The molecule has 16 heavy (non-hydrogen) atoms. The van der Waals surface area contributed by atoms with Crippen molar-refractivity contribution in [1.82, 2.24) is 5.06 Å². The first-order valence-electron chi connectivity index (χ1n) is 5.65. The number of carbonyl (C=O) groups is 1. The number of rotatable bonds is 1. The van der Waals surface area contributed by atoms with Crippen molar-refractivity contribution in [3.8, 4) is 0 Å². The maximum Gasteiger partial charge on any atom is 0.399 e. The number of amides is 1.